The number of nitrogens with zero attached hydrogens (tertiary/aromatic N) is 1. The van der Waals surface area contributed by atoms with E-state index < -0.39 is 0 Å². The third kappa shape index (κ3) is 3.22. The highest BCUT2D eigenvalue weighted by Crippen LogP contribution is 2.25. The Hall–Kier alpha value is -1.10. The molecule has 0 saturated heterocycles. The minimum atomic E-state index is -0.181. The largest absolute Gasteiger partial charge is 0.302 e. The van der Waals surface area contributed by atoms with E-state index in [9.17, 15) is 4.79 Å². The molecule has 0 unspecified atom stereocenters. The number of hydrogen-bond donors (Lipinski definition) is 1. The zero-order chi connectivity index (χ0) is 13.1. The van der Waals surface area contributed by atoms with Crippen molar-refractivity contribution in [3.63, 3.8) is 0 Å². The van der Waals surface area contributed by atoms with Crippen molar-refractivity contribution < 1.29 is 4.79 Å². The number of hydrogen-bond acceptors (Lipinski definition) is 3. The molecule has 0 aliphatic carbocycles. The number of halogens is 2. The van der Waals surface area contributed by atoms with Crippen LogP contribution in [0.5, 0.6) is 0 Å². The molecule has 18 heavy (non-hydrogen) atoms. The average molecular weight is 301 g/mol. The third-order valence-corrected chi connectivity index (χ3v) is 3.80. The molecule has 0 saturated carbocycles. The predicted octanol–water partition coefficient (Wildman–Crippen LogP) is 3.94. The molecule has 1 aromatic carbocycles. The van der Waals surface area contributed by atoms with Crippen molar-refractivity contribution in [2.75, 3.05) is 5.32 Å². The lowest BCUT2D eigenvalue weighted by molar-refractivity contribution is -0.115. The van der Waals surface area contributed by atoms with Crippen molar-refractivity contribution in [1.82, 2.24) is 4.98 Å². The highest BCUT2D eigenvalue weighted by molar-refractivity contribution is 7.15. The molecule has 2 aromatic rings. The smallest absolute Gasteiger partial charge is 0.230 e. The van der Waals surface area contributed by atoms with Gasteiger partial charge < -0.3 is 5.32 Å². The number of carbonyl (C=O) groups is 1. The second-order valence-electron chi connectivity index (χ2n) is 3.70. The second kappa shape index (κ2) is 5.69. The zero-order valence-electron chi connectivity index (χ0n) is 9.54. The molecule has 1 heterocycles. The van der Waals surface area contributed by atoms with Crippen LogP contribution in [0.15, 0.2) is 24.4 Å². The van der Waals surface area contributed by atoms with Crippen LogP contribution >= 0.6 is 34.5 Å². The monoisotopic (exact) mass is 300 g/mol. The maximum atomic E-state index is 11.8. The fourth-order valence-corrected chi connectivity index (χ4v) is 2.65. The summed E-state index contributed by atoms with van der Waals surface area (Å²) in [6.45, 7) is 1.93. The number of rotatable bonds is 3. The lowest BCUT2D eigenvalue weighted by Gasteiger charge is -2.06. The molecule has 0 aliphatic heterocycles. The van der Waals surface area contributed by atoms with Gasteiger partial charge in [-0.15, -0.1) is 11.3 Å². The topological polar surface area (TPSA) is 42.0 Å². The van der Waals surface area contributed by atoms with Crippen molar-refractivity contribution in [2.24, 2.45) is 0 Å². The van der Waals surface area contributed by atoms with Crippen LogP contribution in [-0.2, 0) is 11.2 Å². The molecule has 0 aliphatic rings. The van der Waals surface area contributed by atoms with E-state index in [2.05, 4.69) is 10.3 Å². The standard InChI is InChI=1S/C12H10Cl2N2OS/c1-7-6-15-12(18-7)16-11(17)5-8-9(13)3-2-4-10(8)14/h2-4,6H,5H2,1H3,(H,15,16,17). The van der Waals surface area contributed by atoms with Crippen LogP contribution in [0.4, 0.5) is 5.13 Å². The van der Waals surface area contributed by atoms with Gasteiger partial charge in [-0.25, -0.2) is 4.98 Å². The first-order chi connectivity index (χ1) is 8.56. The third-order valence-electron chi connectivity index (χ3n) is 2.27. The van der Waals surface area contributed by atoms with Crippen LogP contribution in [-0.4, -0.2) is 10.9 Å². The molecule has 0 atom stereocenters. The zero-order valence-corrected chi connectivity index (χ0v) is 11.9. The summed E-state index contributed by atoms with van der Waals surface area (Å²) < 4.78 is 0. The highest BCUT2D eigenvalue weighted by atomic mass is 35.5. The minimum absolute atomic E-state index is 0.136. The lowest BCUT2D eigenvalue weighted by atomic mass is 10.1. The molecular weight excluding hydrogens is 291 g/mol. The summed E-state index contributed by atoms with van der Waals surface area (Å²) in [5, 5.41) is 4.29. The summed E-state index contributed by atoms with van der Waals surface area (Å²) in [5.74, 6) is -0.181. The van der Waals surface area contributed by atoms with Crippen molar-refractivity contribution in [3.05, 3.63) is 44.9 Å². The SMILES string of the molecule is Cc1cnc(NC(=O)Cc2c(Cl)cccc2Cl)s1. The number of anilines is 1. The predicted molar refractivity (Wildman–Crippen MR) is 75.6 cm³/mol. The summed E-state index contributed by atoms with van der Waals surface area (Å²) in [6.07, 6.45) is 1.85. The minimum Gasteiger partial charge on any atom is -0.302 e. The molecule has 0 bridgehead atoms. The van der Waals surface area contributed by atoms with Gasteiger partial charge in [0, 0.05) is 21.1 Å². The van der Waals surface area contributed by atoms with Gasteiger partial charge >= 0.3 is 0 Å². The molecule has 3 nitrogen and oxygen atoms in total. The molecule has 94 valence electrons. The fourth-order valence-electron chi connectivity index (χ4n) is 1.44. The van der Waals surface area contributed by atoms with Crippen molar-refractivity contribution in [3.8, 4) is 0 Å². The average Bonchev–Trinajstić information content (AvgIpc) is 2.69. The Kier molecular flexibility index (Phi) is 4.22. The maximum Gasteiger partial charge on any atom is 0.230 e. The number of benzene rings is 1. The molecule has 2 rings (SSSR count). The fraction of sp³-hybridized carbons (Fsp3) is 0.167. The molecular formula is C12H10Cl2N2OS. The van der Waals surface area contributed by atoms with Gasteiger partial charge in [0.05, 0.1) is 6.42 Å². The van der Waals surface area contributed by atoms with Crippen LogP contribution < -0.4 is 5.32 Å². The van der Waals surface area contributed by atoms with Crippen LogP contribution in [0.2, 0.25) is 10.0 Å². The van der Waals surface area contributed by atoms with Gasteiger partial charge in [0.1, 0.15) is 0 Å². The van der Waals surface area contributed by atoms with E-state index in [0.717, 1.165) is 4.88 Å². The van der Waals surface area contributed by atoms with Crippen molar-refractivity contribution >= 4 is 45.6 Å². The number of carbonyl (C=O) groups excluding carboxylic acids is 1. The van der Waals surface area contributed by atoms with Crippen LogP contribution in [0.1, 0.15) is 10.4 Å². The Labute approximate surface area is 119 Å². The summed E-state index contributed by atoms with van der Waals surface area (Å²) in [4.78, 5) is 16.9. The number of aromatic nitrogens is 1. The molecule has 1 N–H and O–H groups in total. The van der Waals surface area contributed by atoms with E-state index in [-0.39, 0.29) is 12.3 Å². The quantitative estimate of drug-likeness (QED) is 0.933. The van der Waals surface area contributed by atoms with Crippen LogP contribution in [0.3, 0.4) is 0 Å². The Balaban J connectivity index is 2.08. The van der Waals surface area contributed by atoms with E-state index in [1.807, 2.05) is 6.92 Å². The molecule has 0 radical (unpaired) electrons. The van der Waals surface area contributed by atoms with E-state index in [1.165, 1.54) is 11.3 Å². The first-order valence-electron chi connectivity index (χ1n) is 5.21. The number of amides is 1. The van der Waals surface area contributed by atoms with Gasteiger partial charge in [-0.3, -0.25) is 4.79 Å². The Morgan fingerprint density at radius 3 is 2.61 bits per heavy atom. The first kappa shape index (κ1) is 13.3. The number of nitrogens with one attached hydrogen (secondary N) is 1. The Bertz CT molecular complexity index is 563. The van der Waals surface area contributed by atoms with Crippen LogP contribution in [0.25, 0.3) is 0 Å². The summed E-state index contributed by atoms with van der Waals surface area (Å²) in [5.41, 5.74) is 0.631. The number of thiazole rings is 1. The van der Waals surface area contributed by atoms with Gasteiger partial charge in [-0.05, 0) is 24.6 Å². The molecule has 1 amide bonds. The molecule has 0 fully saturated rings. The van der Waals surface area contributed by atoms with Crippen molar-refractivity contribution in [1.29, 1.82) is 0 Å². The Morgan fingerprint density at radius 2 is 2.06 bits per heavy atom. The van der Waals surface area contributed by atoms with Gasteiger partial charge in [-0.2, -0.15) is 0 Å². The maximum absolute atomic E-state index is 11.8. The van der Waals surface area contributed by atoms with E-state index >= 15 is 0 Å². The van der Waals surface area contributed by atoms with E-state index in [1.54, 1.807) is 24.4 Å². The van der Waals surface area contributed by atoms with E-state index in [4.69, 9.17) is 23.2 Å². The summed E-state index contributed by atoms with van der Waals surface area (Å²) in [6, 6.07) is 5.17. The summed E-state index contributed by atoms with van der Waals surface area (Å²) >= 11 is 13.4. The number of aryl methyl sites for hydroxylation is 1. The van der Waals surface area contributed by atoms with Gasteiger partial charge in [-0.1, -0.05) is 29.3 Å². The molecule has 1 aromatic heterocycles. The normalized spacial score (nSPS) is 10.4. The highest BCUT2D eigenvalue weighted by Gasteiger charge is 2.12. The lowest BCUT2D eigenvalue weighted by Crippen LogP contribution is -2.14. The Morgan fingerprint density at radius 1 is 1.39 bits per heavy atom. The molecule has 0 spiro atoms. The van der Waals surface area contributed by atoms with Crippen molar-refractivity contribution in [2.45, 2.75) is 13.3 Å². The van der Waals surface area contributed by atoms with Crippen LogP contribution in [0, 0.1) is 6.92 Å². The molecule has 6 heteroatoms. The second-order valence-corrected chi connectivity index (χ2v) is 5.75. The summed E-state index contributed by atoms with van der Waals surface area (Å²) in [7, 11) is 0. The van der Waals surface area contributed by atoms with E-state index in [0.29, 0.717) is 20.7 Å². The first-order valence-corrected chi connectivity index (χ1v) is 6.78. The van der Waals surface area contributed by atoms with Gasteiger partial charge in [0.2, 0.25) is 5.91 Å². The van der Waals surface area contributed by atoms with Gasteiger partial charge in [0.25, 0.3) is 0 Å². The van der Waals surface area contributed by atoms with Gasteiger partial charge in [0.15, 0.2) is 5.13 Å².